The number of hydrogen-bond donors (Lipinski definition) is 22. The van der Waals surface area contributed by atoms with E-state index in [1.54, 1.807) is 0 Å². The Hall–Kier alpha value is -10.2. The SMILES string of the molecule is CCCCCCCS(=O)(=O)NCCNCc1c(O)cc2c(c1O)-c1cc(ccc1O)[C@H]1NC(=O)[C@@H]3NC(=O)[C@H](CC(=O)NC(=O)NC4CC4)NC(=O)[C@H](NC(=O)[C@@H](CC(C)C)NC)[C@H](O)c4ccc(c(C)c4)Oc4cc3cc(c4O[C@@H]3O[C@H](CO)[C@@H](O)[C@H](O)[C@H]3O[C@H]3C[C@](C)(N)[C@H](O)[C@H](C)O3)Oc3ccc(cc3Cl)[C@@H](O)[C@H](NC1=O)C(=O)N[C@@H]2C(=O)NC1C2CC3CC(C2)CC1C3. The summed E-state index contributed by atoms with van der Waals surface area (Å²) >= 11 is 7.34. The maximum absolute atomic E-state index is 16.8. The number of phenols is 3. The van der Waals surface area contributed by atoms with Gasteiger partial charge in [-0.05, 0) is 203 Å². The van der Waals surface area contributed by atoms with Gasteiger partial charge in [0.2, 0.25) is 69.3 Å². The minimum atomic E-state index is -3.75. The molecule has 39 nitrogen and oxygen atoms in total. The third-order valence-electron chi connectivity index (χ3n) is 26.4. The summed E-state index contributed by atoms with van der Waals surface area (Å²) in [6, 6.07) is -1.94. The molecule has 2 saturated heterocycles. The van der Waals surface area contributed by atoms with Crippen LogP contribution in [-0.4, -0.2) is 231 Å². The van der Waals surface area contributed by atoms with E-state index in [2.05, 4.69) is 63.2 Å². The van der Waals surface area contributed by atoms with E-state index in [1.165, 1.54) is 58.2 Å². The molecule has 17 rings (SSSR count). The van der Waals surface area contributed by atoms with Gasteiger partial charge in [0, 0.05) is 54.8 Å². The van der Waals surface area contributed by atoms with Crippen LogP contribution in [0.15, 0.2) is 72.8 Å². The Morgan fingerprint density at radius 2 is 1.35 bits per heavy atom. The number of carbonyl (C=O) groups excluding carboxylic acids is 9. The van der Waals surface area contributed by atoms with E-state index >= 15 is 28.8 Å². The minimum absolute atomic E-state index is 0.00553. The lowest BCUT2D eigenvalue weighted by Crippen LogP contribution is -2.64. The average Bonchev–Trinajstić information content (AvgIpc) is 1.02. The molecule has 18 atom stereocenters. The van der Waals surface area contributed by atoms with Crippen LogP contribution in [0.25, 0.3) is 11.1 Å². The molecule has 0 radical (unpaired) electrons. The first kappa shape index (κ1) is 97.9. The molecule has 7 heterocycles. The van der Waals surface area contributed by atoms with Gasteiger partial charge in [0.15, 0.2) is 23.9 Å². The summed E-state index contributed by atoms with van der Waals surface area (Å²) in [4.78, 5) is 139. The highest BCUT2D eigenvalue weighted by Crippen LogP contribution is 2.55. The lowest BCUT2D eigenvalue weighted by Gasteiger charge is -2.54. The van der Waals surface area contributed by atoms with Crippen molar-refractivity contribution in [3.8, 4) is 57.1 Å². The molecule has 23 N–H and O–H groups in total. The fourth-order valence-corrected chi connectivity index (χ4v) is 20.8. The normalized spacial score (nSPS) is 30.1. The second-order valence-corrected chi connectivity index (χ2v) is 39.4. The molecule has 0 spiro atoms. The summed E-state index contributed by atoms with van der Waals surface area (Å²) in [5.74, 6) is -13.7. The molecule has 5 saturated carbocycles. The fraction of sp³-hybridized carbons (Fsp3) is 0.571. The second kappa shape index (κ2) is 41.4. The Labute approximate surface area is 767 Å². The van der Waals surface area contributed by atoms with E-state index in [9.17, 15) is 68.8 Å². The van der Waals surface area contributed by atoms with Crippen molar-refractivity contribution in [3.05, 3.63) is 117 Å². The van der Waals surface area contributed by atoms with Crippen LogP contribution in [0.3, 0.4) is 0 Å². The molecule has 10 amide bonds. The molecule has 5 aromatic rings. The number of urea groups is 1. The zero-order valence-electron chi connectivity index (χ0n) is 74.3. The van der Waals surface area contributed by atoms with Crippen LogP contribution in [0.4, 0.5) is 4.79 Å². The van der Waals surface area contributed by atoms with Crippen molar-refractivity contribution in [1.29, 1.82) is 0 Å². The van der Waals surface area contributed by atoms with Crippen molar-refractivity contribution in [2.45, 2.75) is 266 Å². The van der Waals surface area contributed by atoms with E-state index in [1.807, 2.05) is 20.8 Å². The zero-order chi connectivity index (χ0) is 94.8. The number of ether oxygens (including phenoxy) is 6. The molecule has 41 heteroatoms. The van der Waals surface area contributed by atoms with Crippen molar-refractivity contribution in [2.24, 2.45) is 35.3 Å². The van der Waals surface area contributed by atoms with Crippen LogP contribution in [-0.2, 0) is 69.1 Å². The number of likely N-dealkylation sites (N-methyl/N-ethyl adjacent to an activating group) is 1. The van der Waals surface area contributed by atoms with Gasteiger partial charge in [-0.15, -0.1) is 0 Å². The molecule has 718 valence electrons. The number of fused-ring (bicyclic) bond motifs is 15. The van der Waals surface area contributed by atoms with Crippen molar-refractivity contribution < 1.29 is 126 Å². The van der Waals surface area contributed by atoms with Crippen LogP contribution in [0.1, 0.15) is 200 Å². The number of aromatic hydroxyl groups is 3. The van der Waals surface area contributed by atoms with Crippen molar-refractivity contribution in [1.82, 2.24) is 63.2 Å². The lowest BCUT2D eigenvalue weighted by atomic mass is 9.54. The number of carbonyl (C=O) groups is 9. The summed E-state index contributed by atoms with van der Waals surface area (Å²) in [7, 11) is -2.26. The lowest BCUT2D eigenvalue weighted by molar-refractivity contribution is -0.333. The molecule has 12 aliphatic rings. The maximum atomic E-state index is 16.8. The second-order valence-electron chi connectivity index (χ2n) is 37.1. The van der Waals surface area contributed by atoms with Crippen LogP contribution >= 0.6 is 11.6 Å². The Kier molecular flexibility index (Phi) is 30.7. The first-order chi connectivity index (χ1) is 62.8. The monoisotopic (exact) mass is 1880 g/mol. The van der Waals surface area contributed by atoms with Crippen molar-refractivity contribution in [2.75, 3.05) is 32.5 Å². The van der Waals surface area contributed by atoms with Gasteiger partial charge in [-0.25, -0.2) is 17.9 Å². The van der Waals surface area contributed by atoms with Crippen LogP contribution < -0.4 is 83.2 Å². The molecule has 132 heavy (non-hydrogen) atoms. The van der Waals surface area contributed by atoms with Crippen molar-refractivity contribution in [3.63, 3.8) is 0 Å². The highest BCUT2D eigenvalue weighted by atomic mass is 35.5. The summed E-state index contributed by atoms with van der Waals surface area (Å²) in [6.07, 6.45) is -9.52. The van der Waals surface area contributed by atoms with Crippen LogP contribution in [0, 0.1) is 36.5 Å². The van der Waals surface area contributed by atoms with Gasteiger partial charge in [0.05, 0.1) is 47.6 Å². The molecule has 5 aliphatic carbocycles. The Morgan fingerprint density at radius 1 is 0.697 bits per heavy atom. The Balaban J connectivity index is 0.958. The average molecular weight is 1880 g/mol. The van der Waals surface area contributed by atoms with Gasteiger partial charge in [-0.2, -0.15) is 0 Å². The number of nitrogens with one attached hydrogen (secondary N) is 12. The quantitative estimate of drug-likeness (QED) is 0.0336. The highest BCUT2D eigenvalue weighted by molar-refractivity contribution is 7.89. The van der Waals surface area contributed by atoms with Gasteiger partial charge >= 0.3 is 6.03 Å². The topological polar surface area (TPSA) is 596 Å². The van der Waals surface area contributed by atoms with Crippen LogP contribution in [0.5, 0.6) is 46.0 Å². The molecule has 0 aromatic heterocycles. The summed E-state index contributed by atoms with van der Waals surface area (Å²) in [5.41, 5.74) is 2.72. The molecule has 7 aliphatic heterocycles. The number of aliphatic hydroxyl groups excluding tert-OH is 6. The van der Waals surface area contributed by atoms with E-state index in [0.717, 1.165) is 93.8 Å². The minimum Gasteiger partial charge on any atom is -0.507 e. The number of sulfonamides is 1. The van der Waals surface area contributed by atoms with Gasteiger partial charge in [0.1, 0.15) is 95.5 Å². The number of benzene rings is 5. The zero-order valence-corrected chi connectivity index (χ0v) is 75.8. The largest absolute Gasteiger partial charge is 0.507 e. The van der Waals surface area contributed by atoms with Gasteiger partial charge in [-0.3, -0.25) is 43.7 Å². The van der Waals surface area contributed by atoms with E-state index in [-0.39, 0.29) is 100 Å². The third kappa shape index (κ3) is 22.2. The van der Waals surface area contributed by atoms with E-state index in [4.69, 9.17) is 45.8 Å². The number of halogens is 1. The standard InChI is InChI=1S/C91H120ClN13O26S/c1-8-9-10-11-12-23-132(124,125)96-22-21-95-38-54-59(108)35-53-67(76(54)112)52-31-45(13-18-58(52)107)69-84(118)105-73(88(122)103-71(53)86(120)100-68-48-27-43-26-44(29-48)30-49(68)28-43)75(111)47-15-20-61(55(92)32-47)128-63-34-50-33-62(79(63)131-89-80(78(114)77(113)64(39-106)129-89)130-66-37-91(6,93)81(115)42(5)126-66)127-60-19-14-46(25-41(60)4)74(110)72(104-82(116)56(94-7)24-40(2)3)87(121)98-57(83(117)101-70(50)85(119)102-69)36-65(109)99-90(123)97-51-16-17-51/h13-15,18-20,25,31-35,40,42-44,48-49,51,56-57,64,66,68-75,77-78,80-81,89,94-96,106-108,110-115H,8-12,16-17,21-24,26-30,36-39,93H2,1-7H3,(H,98,121)(H,100,120)(H,101,117)(H,102,119)(H,103,122)(H,104,116)(H,105,118)(H2,97,99,109,123)/t42-,43?,44?,48?,49?,56+,57-,64+,66-,68?,69+,70+,71-,72+,73-,74+,75+,77+,78-,80+,81+,89-,91-/m0/s1. The summed E-state index contributed by atoms with van der Waals surface area (Å²) in [6.45, 7) is 8.60. The molecule has 0 unspecified atom stereocenters. The Morgan fingerprint density at radius 3 is 2.00 bits per heavy atom. The first-order valence-electron chi connectivity index (χ1n) is 45.1. The van der Waals surface area contributed by atoms with Gasteiger partial charge in [0.25, 0.3) is 0 Å². The summed E-state index contributed by atoms with van der Waals surface area (Å²) < 4.78 is 68.3. The molecular weight excluding hydrogens is 1760 g/mol. The number of hydrogen-bond acceptors (Lipinski definition) is 29. The highest BCUT2D eigenvalue weighted by Gasteiger charge is 2.54. The number of nitrogens with two attached hydrogens (primary N) is 1. The number of aliphatic hydroxyl groups is 6. The smallest absolute Gasteiger partial charge is 0.321 e. The molecule has 7 fully saturated rings. The number of amides is 10. The van der Waals surface area contributed by atoms with E-state index in [0.29, 0.717) is 37.5 Å². The van der Waals surface area contributed by atoms with Crippen molar-refractivity contribution >= 4 is 74.9 Å². The summed E-state index contributed by atoms with van der Waals surface area (Å²) in [5, 5.41) is 139. The van der Waals surface area contributed by atoms with E-state index < -0.39 is 254 Å². The maximum Gasteiger partial charge on any atom is 0.321 e. The predicted molar refractivity (Wildman–Crippen MR) is 473 cm³/mol. The number of phenolic OH excluding ortho intramolecular Hbond substituents is 3. The molecular formula is C91H120ClN13O26S. The number of unbranched alkanes of at least 4 members (excludes halogenated alkanes) is 4. The van der Waals surface area contributed by atoms with Crippen LogP contribution in [0.2, 0.25) is 5.02 Å². The molecule has 5 aromatic carbocycles. The number of imide groups is 1. The van der Waals surface area contributed by atoms with Gasteiger partial charge < -0.3 is 133 Å². The Bertz CT molecular complexity index is 5250. The number of rotatable bonds is 27. The molecule has 15 bridgehead atoms. The van der Waals surface area contributed by atoms with Gasteiger partial charge in [-0.1, -0.05) is 76.3 Å². The predicted octanol–water partition coefficient (Wildman–Crippen LogP) is 3.10. The number of aryl methyl sites for hydroxylation is 1. The first-order valence-corrected chi connectivity index (χ1v) is 47.2. The fourth-order valence-electron chi connectivity index (χ4n) is 19.4. The third-order valence-corrected chi connectivity index (χ3v) is 28.2.